The lowest BCUT2D eigenvalue weighted by molar-refractivity contribution is -0.155. The Hall–Kier alpha value is -2.06. The molecule has 0 spiro atoms. The number of ether oxygens (including phenoxy) is 2. The fourth-order valence-electron chi connectivity index (χ4n) is 3.08. The maximum Gasteiger partial charge on any atom is 0.153 e. The van der Waals surface area contributed by atoms with Crippen LogP contribution in [0.4, 0.5) is 0 Å². The van der Waals surface area contributed by atoms with Crippen LogP contribution in [0.2, 0.25) is 0 Å². The molecule has 7 heteroatoms. The average molecular weight is 420 g/mol. The number of likely N-dealkylation sites (N-methyl/N-ethyl adjacent to an activating group) is 1. The first-order chi connectivity index (χ1) is 14.0. The van der Waals surface area contributed by atoms with Crippen molar-refractivity contribution < 1.29 is 23.7 Å². The Morgan fingerprint density at radius 3 is 2.24 bits per heavy atom. The van der Waals surface area contributed by atoms with Gasteiger partial charge in [0.25, 0.3) is 0 Å². The first kappa shape index (κ1) is 23.2. The van der Waals surface area contributed by atoms with Gasteiger partial charge in [-0.25, -0.2) is 0 Å². The molecule has 0 fully saturated rings. The van der Waals surface area contributed by atoms with Gasteiger partial charge in [0.05, 0.1) is 25.2 Å². The van der Waals surface area contributed by atoms with Crippen molar-refractivity contribution in [3.63, 3.8) is 0 Å². The van der Waals surface area contributed by atoms with E-state index >= 15 is 0 Å². The number of hydrogen-bond acceptors (Lipinski definition) is 7. The Morgan fingerprint density at radius 1 is 1.07 bits per heavy atom. The molecule has 29 heavy (non-hydrogen) atoms. The molecule has 0 aliphatic carbocycles. The Kier molecular flexibility index (Phi) is 9.47. The Morgan fingerprint density at radius 2 is 1.69 bits per heavy atom. The van der Waals surface area contributed by atoms with Crippen LogP contribution in [-0.4, -0.2) is 55.2 Å². The van der Waals surface area contributed by atoms with Crippen LogP contribution in [0, 0.1) is 0 Å². The highest BCUT2D eigenvalue weighted by molar-refractivity contribution is 7.94. The van der Waals surface area contributed by atoms with E-state index in [2.05, 4.69) is 0 Å². The highest BCUT2D eigenvalue weighted by Gasteiger charge is 2.32. The lowest BCUT2D eigenvalue weighted by atomic mass is 9.95. The first-order valence-electron chi connectivity index (χ1n) is 9.52. The number of carbonyl (C=O) groups excluding carboxylic acids is 1. The maximum atomic E-state index is 11.7. The van der Waals surface area contributed by atoms with Crippen LogP contribution in [0.3, 0.4) is 0 Å². The molecule has 2 aromatic rings. The molecule has 0 aliphatic rings. The molecule has 0 bridgehead atoms. The van der Waals surface area contributed by atoms with E-state index in [9.17, 15) is 10.0 Å². The van der Waals surface area contributed by atoms with Crippen molar-refractivity contribution in [2.45, 2.75) is 25.4 Å². The van der Waals surface area contributed by atoms with Crippen LogP contribution in [0.25, 0.3) is 0 Å². The minimum atomic E-state index is -1.08. The molecular formula is C22H29NO5S. The minimum Gasteiger partial charge on any atom is -0.493 e. The number of aldehydes is 1. The number of benzene rings is 2. The molecule has 0 amide bonds. The van der Waals surface area contributed by atoms with Gasteiger partial charge in [-0.15, -0.1) is 0 Å². The predicted octanol–water partition coefficient (Wildman–Crippen LogP) is 3.80. The van der Waals surface area contributed by atoms with Crippen molar-refractivity contribution in [2.24, 2.45) is 0 Å². The van der Waals surface area contributed by atoms with Crippen LogP contribution >= 0.6 is 12.0 Å². The summed E-state index contributed by atoms with van der Waals surface area (Å²) in [5, 5.41) is 10.5. The van der Waals surface area contributed by atoms with E-state index in [4.69, 9.17) is 13.7 Å². The first-order valence-corrected chi connectivity index (χ1v) is 10.7. The van der Waals surface area contributed by atoms with Crippen LogP contribution in [0.1, 0.15) is 18.1 Å². The van der Waals surface area contributed by atoms with E-state index in [0.29, 0.717) is 19.6 Å². The Balaban J connectivity index is 1.89. The van der Waals surface area contributed by atoms with Crippen molar-refractivity contribution in [3.8, 4) is 11.5 Å². The van der Waals surface area contributed by atoms with Crippen molar-refractivity contribution in [2.75, 3.05) is 33.1 Å². The summed E-state index contributed by atoms with van der Waals surface area (Å²) in [5.41, 5.74) is 1.03. The second-order valence-electron chi connectivity index (χ2n) is 6.74. The lowest BCUT2D eigenvalue weighted by Gasteiger charge is -2.30. The average Bonchev–Trinajstić information content (AvgIpc) is 2.70. The van der Waals surface area contributed by atoms with Crippen LogP contribution in [-0.2, 0) is 22.4 Å². The molecule has 158 valence electrons. The molecule has 1 unspecified atom stereocenters. The third-order valence-corrected chi connectivity index (χ3v) is 4.69. The summed E-state index contributed by atoms with van der Waals surface area (Å²) in [4.78, 5) is 11.7. The third-order valence-electron chi connectivity index (χ3n) is 4.33. The zero-order valence-electron chi connectivity index (χ0n) is 17.2. The number of rotatable bonds is 13. The topological polar surface area (TPSA) is 68.2 Å². The fourth-order valence-corrected chi connectivity index (χ4v) is 3.39. The minimum absolute atomic E-state index is 0.101. The van der Waals surface area contributed by atoms with Crippen molar-refractivity contribution in [1.29, 1.82) is 0 Å². The highest BCUT2D eigenvalue weighted by Crippen LogP contribution is 2.21. The van der Waals surface area contributed by atoms with Crippen LogP contribution < -0.4 is 8.92 Å². The second-order valence-corrected chi connectivity index (χ2v) is 7.24. The van der Waals surface area contributed by atoms with Crippen molar-refractivity contribution in [1.82, 2.24) is 5.06 Å². The summed E-state index contributed by atoms with van der Waals surface area (Å²) in [6.07, 6.45) is 3.82. The van der Waals surface area contributed by atoms with Crippen LogP contribution in [0.5, 0.6) is 11.5 Å². The summed E-state index contributed by atoms with van der Waals surface area (Å²) in [6, 6.07) is 15.6. The van der Waals surface area contributed by atoms with Gasteiger partial charge in [-0.2, -0.15) is 5.06 Å². The molecule has 0 saturated carbocycles. The summed E-state index contributed by atoms with van der Waals surface area (Å²) in [5.74, 6) is 1.60. The molecule has 0 radical (unpaired) electrons. The number of hydroxylamine groups is 2. The summed E-state index contributed by atoms with van der Waals surface area (Å²) in [7, 11) is 1.50. The van der Waals surface area contributed by atoms with Crippen LogP contribution in [0.15, 0.2) is 48.5 Å². The Bertz CT molecular complexity index is 736. The molecule has 2 rings (SSSR count). The van der Waals surface area contributed by atoms with Gasteiger partial charge in [-0.05, 0) is 42.3 Å². The van der Waals surface area contributed by atoms with Gasteiger partial charge in [0.2, 0.25) is 0 Å². The molecule has 0 saturated heterocycles. The third kappa shape index (κ3) is 7.70. The summed E-state index contributed by atoms with van der Waals surface area (Å²) < 4.78 is 16.8. The van der Waals surface area contributed by atoms with Crippen molar-refractivity contribution in [3.05, 3.63) is 59.7 Å². The highest BCUT2D eigenvalue weighted by atomic mass is 32.2. The predicted molar refractivity (Wildman–Crippen MR) is 115 cm³/mol. The molecule has 0 heterocycles. The van der Waals surface area contributed by atoms with Gasteiger partial charge in [0, 0.05) is 32.8 Å². The summed E-state index contributed by atoms with van der Waals surface area (Å²) in [6.45, 7) is 2.88. The van der Waals surface area contributed by atoms with E-state index < -0.39 is 5.60 Å². The van der Waals surface area contributed by atoms with E-state index in [1.807, 2.05) is 61.7 Å². The number of hydrogen-bond donors (Lipinski definition) is 1. The van der Waals surface area contributed by atoms with Gasteiger partial charge in [-0.1, -0.05) is 24.3 Å². The smallest absolute Gasteiger partial charge is 0.153 e. The molecular weight excluding hydrogens is 390 g/mol. The number of nitrogens with zero attached hydrogens (tertiary/aromatic N) is 1. The lowest BCUT2D eigenvalue weighted by Crippen LogP contribution is -2.46. The molecule has 0 aromatic heterocycles. The van der Waals surface area contributed by atoms with Gasteiger partial charge >= 0.3 is 0 Å². The van der Waals surface area contributed by atoms with Gasteiger partial charge < -0.3 is 23.7 Å². The number of carbonyl (C=O) groups is 1. The molecule has 6 nitrogen and oxygen atoms in total. The summed E-state index contributed by atoms with van der Waals surface area (Å²) >= 11 is 1.32. The molecule has 1 atom stereocenters. The monoisotopic (exact) mass is 419 g/mol. The molecule has 2 aromatic carbocycles. The van der Waals surface area contributed by atoms with Gasteiger partial charge in [-0.3, -0.25) is 0 Å². The Labute approximate surface area is 176 Å². The second kappa shape index (κ2) is 11.8. The SMILES string of the molecule is CCOC(C=O)(Cc1ccc(OCCc2ccc(OSC)cc2)cc1)CN(C)O. The zero-order chi connectivity index (χ0) is 21.1. The van der Waals surface area contributed by atoms with E-state index in [1.54, 1.807) is 0 Å². The largest absolute Gasteiger partial charge is 0.493 e. The quantitative estimate of drug-likeness (QED) is 0.301. The van der Waals surface area contributed by atoms with E-state index in [1.165, 1.54) is 24.7 Å². The fraction of sp³-hybridized carbons (Fsp3) is 0.409. The van der Waals surface area contributed by atoms with Crippen molar-refractivity contribution >= 4 is 18.3 Å². The molecule has 0 aliphatic heterocycles. The zero-order valence-corrected chi connectivity index (χ0v) is 18.0. The van der Waals surface area contributed by atoms with Gasteiger partial charge in [0.1, 0.15) is 17.1 Å². The molecule has 1 N–H and O–H groups in total. The van der Waals surface area contributed by atoms with E-state index in [-0.39, 0.29) is 6.54 Å². The normalized spacial score (nSPS) is 13.1. The maximum absolute atomic E-state index is 11.7. The standard InChI is InChI=1S/C22H29NO5S/c1-4-27-22(17-24,16-23(2)25)15-19-7-9-20(10-8-19)26-14-13-18-5-11-21(12-6-18)28-29-3/h5-12,17,25H,4,13-16H2,1-3H3. The van der Waals surface area contributed by atoms with E-state index in [0.717, 1.165) is 34.8 Å². The van der Waals surface area contributed by atoms with Gasteiger partial charge in [0.15, 0.2) is 6.29 Å².